The van der Waals surface area contributed by atoms with E-state index in [1.165, 1.54) is 11.3 Å². The van der Waals surface area contributed by atoms with Gasteiger partial charge in [-0.15, -0.1) is 11.3 Å². The zero-order valence-electron chi connectivity index (χ0n) is 9.66. The summed E-state index contributed by atoms with van der Waals surface area (Å²) in [4.78, 5) is 16.3. The minimum absolute atomic E-state index is 0.0601. The molecule has 1 aromatic heterocycles. The summed E-state index contributed by atoms with van der Waals surface area (Å²) in [5.74, 6) is 0.0601. The van der Waals surface area contributed by atoms with Gasteiger partial charge in [0.25, 0.3) is 0 Å². The number of carbonyl (C=O) groups excluding carboxylic acids is 1. The van der Waals surface area contributed by atoms with Gasteiger partial charge in [-0.1, -0.05) is 11.6 Å². The van der Waals surface area contributed by atoms with Crippen molar-refractivity contribution in [2.24, 2.45) is 0 Å². The molecule has 4 heteroatoms. The molecular formula is C13H12ClNOS. The van der Waals surface area contributed by atoms with Gasteiger partial charge in [0.15, 0.2) is 5.78 Å². The number of aromatic nitrogens is 1. The molecule has 0 saturated carbocycles. The van der Waals surface area contributed by atoms with Gasteiger partial charge < -0.3 is 0 Å². The molecule has 0 saturated heterocycles. The molecule has 17 heavy (non-hydrogen) atoms. The standard InChI is InChI=1S/C13H12ClNOS/c1-8-3-10(5-11(14)4-8)12(16)6-13-15-9(2)7-17-13/h3-5,7H,6H2,1-2H3. The Kier molecular flexibility index (Phi) is 3.60. The number of rotatable bonds is 3. The third-order valence-corrected chi connectivity index (χ3v) is 3.53. The maximum atomic E-state index is 12.0. The van der Waals surface area contributed by atoms with Crippen LogP contribution in [0, 0.1) is 13.8 Å². The highest BCUT2D eigenvalue weighted by Crippen LogP contribution is 2.17. The number of benzene rings is 1. The first-order valence-electron chi connectivity index (χ1n) is 5.26. The van der Waals surface area contributed by atoms with Gasteiger partial charge in [0.1, 0.15) is 5.01 Å². The number of thiazole rings is 1. The molecule has 0 fully saturated rings. The Bertz CT molecular complexity index is 542. The molecule has 0 aliphatic heterocycles. The summed E-state index contributed by atoms with van der Waals surface area (Å²) in [5, 5.41) is 3.40. The molecule has 0 aliphatic carbocycles. The highest BCUT2D eigenvalue weighted by molar-refractivity contribution is 7.09. The lowest BCUT2D eigenvalue weighted by Crippen LogP contribution is -2.03. The van der Waals surface area contributed by atoms with Crippen LogP contribution < -0.4 is 0 Å². The fourth-order valence-corrected chi connectivity index (χ4v) is 2.68. The van der Waals surface area contributed by atoms with Crippen molar-refractivity contribution in [2.75, 3.05) is 0 Å². The van der Waals surface area contributed by atoms with E-state index in [2.05, 4.69) is 4.98 Å². The van der Waals surface area contributed by atoms with E-state index in [0.717, 1.165) is 16.3 Å². The van der Waals surface area contributed by atoms with Crippen LogP contribution in [0.3, 0.4) is 0 Å². The fourth-order valence-electron chi connectivity index (χ4n) is 1.62. The molecular weight excluding hydrogens is 254 g/mol. The van der Waals surface area contributed by atoms with Crippen LogP contribution in [-0.2, 0) is 6.42 Å². The molecule has 0 amide bonds. The Balaban J connectivity index is 2.19. The average Bonchev–Trinajstić information content (AvgIpc) is 2.62. The smallest absolute Gasteiger partial charge is 0.169 e. The van der Waals surface area contributed by atoms with E-state index in [1.54, 1.807) is 6.07 Å². The van der Waals surface area contributed by atoms with E-state index in [9.17, 15) is 4.79 Å². The number of halogens is 1. The van der Waals surface area contributed by atoms with E-state index < -0.39 is 0 Å². The lowest BCUT2D eigenvalue weighted by Gasteiger charge is -2.02. The number of hydrogen-bond acceptors (Lipinski definition) is 3. The summed E-state index contributed by atoms with van der Waals surface area (Å²) in [7, 11) is 0. The summed E-state index contributed by atoms with van der Waals surface area (Å²) in [6.07, 6.45) is 0.346. The summed E-state index contributed by atoms with van der Waals surface area (Å²) in [6, 6.07) is 5.40. The molecule has 1 aromatic carbocycles. The van der Waals surface area contributed by atoms with Gasteiger partial charge in [0.05, 0.1) is 6.42 Å². The Morgan fingerprint density at radius 3 is 2.71 bits per heavy atom. The Morgan fingerprint density at radius 2 is 2.12 bits per heavy atom. The Labute approximate surface area is 109 Å². The fraction of sp³-hybridized carbons (Fsp3) is 0.231. The molecule has 0 bridgehead atoms. The van der Waals surface area contributed by atoms with E-state index in [-0.39, 0.29) is 5.78 Å². The van der Waals surface area contributed by atoms with Crippen molar-refractivity contribution in [1.82, 2.24) is 4.98 Å². The molecule has 88 valence electrons. The first-order chi connectivity index (χ1) is 8.04. The van der Waals surface area contributed by atoms with Gasteiger partial charge in [0.2, 0.25) is 0 Å². The van der Waals surface area contributed by atoms with E-state index in [1.807, 2.05) is 31.4 Å². The van der Waals surface area contributed by atoms with Crippen molar-refractivity contribution in [3.05, 3.63) is 50.4 Å². The van der Waals surface area contributed by atoms with Crippen molar-refractivity contribution in [1.29, 1.82) is 0 Å². The van der Waals surface area contributed by atoms with Crippen LogP contribution in [0.2, 0.25) is 5.02 Å². The van der Waals surface area contributed by atoms with E-state index in [4.69, 9.17) is 11.6 Å². The van der Waals surface area contributed by atoms with Gasteiger partial charge in [-0.3, -0.25) is 4.79 Å². The minimum Gasteiger partial charge on any atom is -0.294 e. The van der Waals surface area contributed by atoms with E-state index >= 15 is 0 Å². The highest BCUT2D eigenvalue weighted by atomic mass is 35.5. The molecule has 0 spiro atoms. The van der Waals surface area contributed by atoms with Gasteiger partial charge in [-0.2, -0.15) is 0 Å². The van der Waals surface area contributed by atoms with Crippen molar-refractivity contribution >= 4 is 28.7 Å². The zero-order valence-corrected chi connectivity index (χ0v) is 11.2. The number of aryl methyl sites for hydroxylation is 2. The molecule has 0 atom stereocenters. The lowest BCUT2D eigenvalue weighted by atomic mass is 10.1. The monoisotopic (exact) mass is 265 g/mol. The molecule has 0 unspecified atom stereocenters. The average molecular weight is 266 g/mol. The van der Waals surface area contributed by atoms with Crippen LogP contribution in [0.4, 0.5) is 0 Å². The van der Waals surface area contributed by atoms with Crippen LogP contribution in [0.25, 0.3) is 0 Å². The predicted molar refractivity (Wildman–Crippen MR) is 71.1 cm³/mol. The number of hydrogen-bond donors (Lipinski definition) is 0. The first-order valence-corrected chi connectivity index (χ1v) is 6.52. The summed E-state index contributed by atoms with van der Waals surface area (Å²) >= 11 is 7.45. The second-order valence-corrected chi connectivity index (χ2v) is 5.38. The SMILES string of the molecule is Cc1cc(Cl)cc(C(=O)Cc2nc(C)cs2)c1. The van der Waals surface area contributed by atoms with Crippen molar-refractivity contribution < 1.29 is 4.79 Å². The molecule has 2 nitrogen and oxygen atoms in total. The zero-order chi connectivity index (χ0) is 12.4. The molecule has 0 N–H and O–H groups in total. The minimum atomic E-state index is 0.0601. The van der Waals surface area contributed by atoms with E-state index in [0.29, 0.717) is 17.0 Å². The van der Waals surface area contributed by atoms with Crippen molar-refractivity contribution in [2.45, 2.75) is 20.3 Å². The molecule has 2 rings (SSSR count). The van der Waals surface area contributed by atoms with Crippen LogP contribution in [-0.4, -0.2) is 10.8 Å². The Hall–Kier alpha value is -1.19. The van der Waals surface area contributed by atoms with Crippen LogP contribution in [0.5, 0.6) is 0 Å². The Morgan fingerprint density at radius 1 is 1.35 bits per heavy atom. The van der Waals surface area contributed by atoms with Crippen molar-refractivity contribution in [3.63, 3.8) is 0 Å². The maximum absolute atomic E-state index is 12.0. The second kappa shape index (κ2) is 4.98. The highest BCUT2D eigenvalue weighted by Gasteiger charge is 2.10. The molecule has 2 aromatic rings. The van der Waals surface area contributed by atoms with Crippen molar-refractivity contribution in [3.8, 4) is 0 Å². The summed E-state index contributed by atoms with van der Waals surface area (Å²) < 4.78 is 0. The normalized spacial score (nSPS) is 10.5. The third-order valence-electron chi connectivity index (χ3n) is 2.34. The van der Waals surface area contributed by atoms with Gasteiger partial charge in [-0.25, -0.2) is 4.98 Å². The second-order valence-electron chi connectivity index (χ2n) is 4.00. The number of carbonyl (C=O) groups is 1. The van der Waals surface area contributed by atoms with Crippen LogP contribution in [0.15, 0.2) is 23.6 Å². The number of nitrogens with zero attached hydrogens (tertiary/aromatic N) is 1. The maximum Gasteiger partial charge on any atom is 0.169 e. The topological polar surface area (TPSA) is 30.0 Å². The molecule has 0 aliphatic rings. The quantitative estimate of drug-likeness (QED) is 0.790. The van der Waals surface area contributed by atoms with Crippen LogP contribution in [0.1, 0.15) is 26.6 Å². The predicted octanol–water partition coefficient (Wildman–Crippen LogP) is 3.84. The van der Waals surface area contributed by atoms with Gasteiger partial charge >= 0.3 is 0 Å². The van der Waals surface area contributed by atoms with Gasteiger partial charge in [0, 0.05) is 21.7 Å². The lowest BCUT2D eigenvalue weighted by molar-refractivity contribution is 0.0993. The first kappa shape index (κ1) is 12.3. The molecule has 0 radical (unpaired) electrons. The number of ketones is 1. The molecule has 1 heterocycles. The summed E-state index contributed by atoms with van der Waals surface area (Å²) in [5.41, 5.74) is 2.61. The third kappa shape index (κ3) is 3.14. The number of Topliss-reactive ketones (excluding diaryl/α,β-unsaturated/α-hetero) is 1. The van der Waals surface area contributed by atoms with Gasteiger partial charge in [-0.05, 0) is 37.6 Å². The van der Waals surface area contributed by atoms with Crippen LogP contribution >= 0.6 is 22.9 Å². The largest absolute Gasteiger partial charge is 0.294 e. The summed E-state index contributed by atoms with van der Waals surface area (Å²) in [6.45, 7) is 3.85.